The van der Waals surface area contributed by atoms with E-state index in [1.807, 2.05) is 0 Å². The Kier molecular flexibility index (Phi) is 5.09. The third kappa shape index (κ3) is 3.82. The van der Waals surface area contributed by atoms with E-state index < -0.39 is 0 Å². The third-order valence-electron chi connectivity index (χ3n) is 3.66. The second-order valence-electron chi connectivity index (χ2n) is 4.65. The zero-order chi connectivity index (χ0) is 11.3. The summed E-state index contributed by atoms with van der Waals surface area (Å²) in [6.07, 6.45) is 3.94. The van der Waals surface area contributed by atoms with Crippen molar-refractivity contribution in [1.29, 1.82) is 0 Å². The fourth-order valence-corrected chi connectivity index (χ4v) is 2.61. The number of carbonyl (C=O) groups is 1. The molecule has 3 heteroatoms. The van der Waals surface area contributed by atoms with Gasteiger partial charge in [-0.1, -0.05) is 20.3 Å². The lowest BCUT2D eigenvalue weighted by Crippen LogP contribution is -2.38. The van der Waals surface area contributed by atoms with Crippen LogP contribution in [0, 0.1) is 11.8 Å². The lowest BCUT2D eigenvalue weighted by atomic mass is 9.93. The highest BCUT2D eigenvalue weighted by atomic mass is 16.1. The summed E-state index contributed by atoms with van der Waals surface area (Å²) in [6, 6.07) is 0.656. The molecule has 0 heterocycles. The quantitative estimate of drug-likeness (QED) is 0.679. The van der Waals surface area contributed by atoms with Crippen LogP contribution < -0.4 is 10.6 Å². The van der Waals surface area contributed by atoms with Gasteiger partial charge in [0.2, 0.25) is 5.91 Å². The van der Waals surface area contributed by atoms with Crippen LogP contribution in [0.5, 0.6) is 0 Å². The van der Waals surface area contributed by atoms with Crippen molar-refractivity contribution in [2.75, 3.05) is 13.1 Å². The Morgan fingerprint density at radius 1 is 1.33 bits per heavy atom. The Morgan fingerprint density at radius 2 is 2.07 bits per heavy atom. The molecule has 3 atom stereocenters. The van der Waals surface area contributed by atoms with Crippen molar-refractivity contribution in [3.63, 3.8) is 0 Å². The first-order chi connectivity index (χ1) is 7.15. The second kappa shape index (κ2) is 6.11. The highest BCUT2D eigenvalue weighted by molar-refractivity contribution is 5.72. The van der Waals surface area contributed by atoms with E-state index in [9.17, 15) is 4.79 Å². The average molecular weight is 212 g/mol. The van der Waals surface area contributed by atoms with Crippen molar-refractivity contribution in [1.82, 2.24) is 10.6 Å². The number of hydrogen-bond donors (Lipinski definition) is 2. The molecule has 1 fully saturated rings. The van der Waals surface area contributed by atoms with Crippen LogP contribution in [0.3, 0.4) is 0 Å². The van der Waals surface area contributed by atoms with Gasteiger partial charge in [0.1, 0.15) is 0 Å². The molecular formula is C12H24N2O. The van der Waals surface area contributed by atoms with Crippen LogP contribution in [0.2, 0.25) is 0 Å². The van der Waals surface area contributed by atoms with Crippen LogP contribution in [0.1, 0.15) is 40.0 Å². The maximum absolute atomic E-state index is 10.7. The van der Waals surface area contributed by atoms with Crippen LogP contribution in [-0.4, -0.2) is 25.0 Å². The summed E-state index contributed by atoms with van der Waals surface area (Å²) in [6.45, 7) is 7.82. The molecule has 1 rings (SSSR count). The molecule has 0 saturated heterocycles. The van der Waals surface area contributed by atoms with Gasteiger partial charge < -0.3 is 10.6 Å². The van der Waals surface area contributed by atoms with Gasteiger partial charge in [0.05, 0.1) is 0 Å². The number of nitrogens with one attached hydrogen (secondary N) is 2. The molecule has 0 aromatic heterocycles. The summed E-state index contributed by atoms with van der Waals surface area (Å²) >= 11 is 0. The molecule has 1 aliphatic carbocycles. The molecule has 1 aliphatic rings. The Labute approximate surface area is 93.0 Å². The lowest BCUT2D eigenvalue weighted by Gasteiger charge is -2.21. The van der Waals surface area contributed by atoms with Gasteiger partial charge in [0.15, 0.2) is 0 Å². The van der Waals surface area contributed by atoms with Crippen molar-refractivity contribution < 1.29 is 4.79 Å². The molecule has 1 amide bonds. The van der Waals surface area contributed by atoms with Crippen LogP contribution in [0.25, 0.3) is 0 Å². The zero-order valence-corrected chi connectivity index (χ0v) is 10.2. The van der Waals surface area contributed by atoms with E-state index in [1.54, 1.807) is 6.92 Å². The lowest BCUT2D eigenvalue weighted by molar-refractivity contribution is -0.118. The van der Waals surface area contributed by atoms with Gasteiger partial charge in [-0.3, -0.25) is 4.79 Å². The van der Waals surface area contributed by atoms with Gasteiger partial charge in [-0.2, -0.15) is 0 Å². The summed E-state index contributed by atoms with van der Waals surface area (Å²) in [7, 11) is 0. The Balaban J connectivity index is 2.14. The van der Waals surface area contributed by atoms with E-state index in [1.165, 1.54) is 19.3 Å². The topological polar surface area (TPSA) is 41.1 Å². The maximum atomic E-state index is 10.7. The van der Waals surface area contributed by atoms with Crippen molar-refractivity contribution in [3.8, 4) is 0 Å². The van der Waals surface area contributed by atoms with Gasteiger partial charge in [-0.15, -0.1) is 0 Å². The molecule has 0 radical (unpaired) electrons. The van der Waals surface area contributed by atoms with E-state index in [-0.39, 0.29) is 5.91 Å². The van der Waals surface area contributed by atoms with Gasteiger partial charge in [-0.25, -0.2) is 0 Å². The van der Waals surface area contributed by atoms with Crippen LogP contribution in [0.4, 0.5) is 0 Å². The van der Waals surface area contributed by atoms with Gasteiger partial charge in [0.25, 0.3) is 0 Å². The van der Waals surface area contributed by atoms with E-state index >= 15 is 0 Å². The standard InChI is InChI=1S/C12H24N2O/c1-4-11-5-6-12(9(11)2)14-8-7-13-10(3)15/h9,11-12,14H,4-8H2,1-3H3,(H,13,15). The van der Waals surface area contributed by atoms with Gasteiger partial charge in [-0.05, 0) is 24.7 Å². The average Bonchev–Trinajstić information content (AvgIpc) is 2.54. The normalized spacial score (nSPS) is 30.5. The number of hydrogen-bond acceptors (Lipinski definition) is 2. The molecule has 0 spiro atoms. The van der Waals surface area contributed by atoms with Crippen molar-refractivity contribution in [3.05, 3.63) is 0 Å². The molecule has 3 unspecified atom stereocenters. The highest BCUT2D eigenvalue weighted by Crippen LogP contribution is 2.33. The van der Waals surface area contributed by atoms with E-state index in [4.69, 9.17) is 0 Å². The highest BCUT2D eigenvalue weighted by Gasteiger charge is 2.30. The summed E-state index contributed by atoms with van der Waals surface area (Å²) in [5.41, 5.74) is 0. The summed E-state index contributed by atoms with van der Waals surface area (Å²) < 4.78 is 0. The number of rotatable bonds is 5. The summed E-state index contributed by atoms with van der Waals surface area (Å²) in [4.78, 5) is 10.7. The van der Waals surface area contributed by atoms with E-state index in [0.717, 1.165) is 24.9 Å². The second-order valence-corrected chi connectivity index (χ2v) is 4.65. The fraction of sp³-hybridized carbons (Fsp3) is 0.917. The van der Waals surface area contributed by atoms with Gasteiger partial charge in [0, 0.05) is 26.1 Å². The Hall–Kier alpha value is -0.570. The summed E-state index contributed by atoms with van der Waals surface area (Å²) in [5, 5.41) is 6.34. The minimum Gasteiger partial charge on any atom is -0.355 e. The first kappa shape index (κ1) is 12.5. The number of carbonyl (C=O) groups excluding carboxylic acids is 1. The molecule has 1 saturated carbocycles. The SMILES string of the molecule is CCC1CCC(NCCNC(C)=O)C1C. The molecule has 15 heavy (non-hydrogen) atoms. The van der Waals surface area contributed by atoms with Crippen LogP contribution in [0.15, 0.2) is 0 Å². The zero-order valence-electron chi connectivity index (χ0n) is 10.2. The molecule has 0 aliphatic heterocycles. The summed E-state index contributed by atoms with van der Waals surface area (Å²) in [5.74, 6) is 1.73. The van der Waals surface area contributed by atoms with E-state index in [0.29, 0.717) is 6.04 Å². The predicted octanol–water partition coefficient (Wildman–Crippen LogP) is 1.54. The monoisotopic (exact) mass is 212 g/mol. The van der Waals surface area contributed by atoms with Crippen molar-refractivity contribution >= 4 is 5.91 Å². The van der Waals surface area contributed by atoms with E-state index in [2.05, 4.69) is 24.5 Å². The molecular weight excluding hydrogens is 188 g/mol. The van der Waals surface area contributed by atoms with Crippen LogP contribution >= 0.6 is 0 Å². The molecule has 3 nitrogen and oxygen atoms in total. The molecule has 0 aromatic carbocycles. The Morgan fingerprint density at radius 3 is 2.60 bits per heavy atom. The number of amides is 1. The Bertz CT molecular complexity index is 206. The minimum atomic E-state index is 0.0581. The fourth-order valence-electron chi connectivity index (χ4n) is 2.61. The molecule has 2 N–H and O–H groups in total. The predicted molar refractivity (Wildman–Crippen MR) is 62.7 cm³/mol. The first-order valence-electron chi connectivity index (χ1n) is 6.13. The van der Waals surface area contributed by atoms with Crippen molar-refractivity contribution in [2.45, 2.75) is 46.1 Å². The van der Waals surface area contributed by atoms with Crippen LogP contribution in [-0.2, 0) is 4.79 Å². The van der Waals surface area contributed by atoms with Gasteiger partial charge >= 0.3 is 0 Å². The van der Waals surface area contributed by atoms with Crippen molar-refractivity contribution in [2.24, 2.45) is 11.8 Å². The maximum Gasteiger partial charge on any atom is 0.216 e. The third-order valence-corrected chi connectivity index (χ3v) is 3.66. The molecule has 0 aromatic rings. The first-order valence-corrected chi connectivity index (χ1v) is 6.13. The smallest absolute Gasteiger partial charge is 0.216 e. The minimum absolute atomic E-state index is 0.0581. The molecule has 0 bridgehead atoms. The largest absolute Gasteiger partial charge is 0.355 e. The molecule has 88 valence electrons.